The second kappa shape index (κ2) is 6.09. The Labute approximate surface area is 129 Å². The van der Waals surface area contributed by atoms with Crippen molar-refractivity contribution in [2.75, 3.05) is 5.32 Å². The predicted molar refractivity (Wildman–Crippen MR) is 85.4 cm³/mol. The van der Waals surface area contributed by atoms with Crippen LogP contribution < -0.4 is 5.32 Å². The van der Waals surface area contributed by atoms with Gasteiger partial charge in [0.15, 0.2) is 0 Å². The van der Waals surface area contributed by atoms with Gasteiger partial charge in [0.1, 0.15) is 0 Å². The lowest BCUT2D eigenvalue weighted by molar-refractivity contribution is 1.13. The first-order valence-corrected chi connectivity index (χ1v) is 7.47. The number of nitrogens with one attached hydrogen (secondary N) is 1. The number of anilines is 1. The average Bonchev–Trinajstić information content (AvgIpc) is 2.33. The fourth-order valence-electron chi connectivity index (χ4n) is 1.63. The Kier molecular flexibility index (Phi) is 4.71. The molecule has 0 aliphatic rings. The molecule has 0 aliphatic heterocycles. The fraction of sp³-hybridized carbons (Fsp3) is 0.143. The van der Waals surface area contributed by atoms with Crippen LogP contribution in [-0.2, 0) is 6.54 Å². The zero-order valence-electron chi connectivity index (χ0n) is 9.81. The lowest BCUT2D eigenvalue weighted by Gasteiger charge is -2.11. The summed E-state index contributed by atoms with van der Waals surface area (Å²) in [5, 5.41) is 4.08. The molecule has 2 aromatic rings. The molecule has 2 rings (SSSR count). The highest BCUT2D eigenvalue weighted by molar-refractivity contribution is 9.11. The summed E-state index contributed by atoms with van der Waals surface area (Å²) < 4.78 is 2.02. The van der Waals surface area contributed by atoms with Gasteiger partial charge in [-0.1, -0.05) is 45.7 Å². The molecule has 0 saturated heterocycles. The monoisotopic (exact) mass is 387 g/mol. The molecule has 0 aliphatic carbocycles. The van der Waals surface area contributed by atoms with Gasteiger partial charge in [-0.3, -0.25) is 0 Å². The zero-order valence-corrected chi connectivity index (χ0v) is 13.7. The number of benzene rings is 2. The second-order valence-corrected chi connectivity index (χ2v) is 6.10. The quantitative estimate of drug-likeness (QED) is 0.701. The van der Waals surface area contributed by atoms with Crippen LogP contribution in [0.1, 0.15) is 11.1 Å². The molecule has 1 nitrogen and oxygen atoms in total. The van der Waals surface area contributed by atoms with Crippen LogP contribution in [0.3, 0.4) is 0 Å². The van der Waals surface area contributed by atoms with E-state index in [9.17, 15) is 0 Å². The maximum Gasteiger partial charge on any atom is 0.0593 e. The zero-order chi connectivity index (χ0) is 13.1. The van der Waals surface area contributed by atoms with E-state index in [1.165, 1.54) is 11.1 Å². The number of rotatable bonds is 3. The van der Waals surface area contributed by atoms with Crippen LogP contribution in [0.4, 0.5) is 5.69 Å². The van der Waals surface area contributed by atoms with E-state index in [0.717, 1.165) is 21.2 Å². The Morgan fingerprint density at radius 1 is 1.17 bits per heavy atom. The first-order chi connectivity index (χ1) is 8.58. The van der Waals surface area contributed by atoms with Crippen LogP contribution in [0, 0.1) is 6.92 Å². The van der Waals surface area contributed by atoms with Gasteiger partial charge in [0.2, 0.25) is 0 Å². The third kappa shape index (κ3) is 3.28. The summed E-state index contributed by atoms with van der Waals surface area (Å²) in [7, 11) is 0. The van der Waals surface area contributed by atoms with Crippen molar-refractivity contribution in [3.05, 3.63) is 61.5 Å². The van der Waals surface area contributed by atoms with Crippen molar-refractivity contribution in [3.63, 3.8) is 0 Å². The van der Waals surface area contributed by atoms with E-state index < -0.39 is 0 Å². The van der Waals surface area contributed by atoms with Crippen LogP contribution in [0.2, 0.25) is 5.02 Å². The van der Waals surface area contributed by atoms with Crippen molar-refractivity contribution in [2.24, 2.45) is 0 Å². The molecule has 1 N–H and O–H groups in total. The Balaban J connectivity index is 2.14. The molecule has 0 radical (unpaired) electrons. The molecule has 0 atom stereocenters. The molecule has 94 valence electrons. The van der Waals surface area contributed by atoms with Crippen molar-refractivity contribution in [2.45, 2.75) is 13.5 Å². The molecule has 0 heterocycles. The van der Waals surface area contributed by atoms with Crippen molar-refractivity contribution in [3.8, 4) is 0 Å². The predicted octanol–water partition coefficient (Wildman–Crippen LogP) is 5.79. The Morgan fingerprint density at radius 2 is 1.94 bits per heavy atom. The topological polar surface area (TPSA) is 12.0 Å². The fourth-order valence-corrected chi connectivity index (χ4v) is 2.84. The van der Waals surface area contributed by atoms with E-state index in [0.29, 0.717) is 5.02 Å². The van der Waals surface area contributed by atoms with Gasteiger partial charge in [-0.25, -0.2) is 0 Å². The van der Waals surface area contributed by atoms with Gasteiger partial charge >= 0.3 is 0 Å². The minimum atomic E-state index is 0.711. The molecule has 0 saturated carbocycles. The van der Waals surface area contributed by atoms with E-state index in [-0.39, 0.29) is 0 Å². The van der Waals surface area contributed by atoms with E-state index in [1.807, 2.05) is 18.2 Å². The van der Waals surface area contributed by atoms with Crippen molar-refractivity contribution >= 4 is 49.1 Å². The molecule has 0 aromatic heterocycles. The number of hydrogen-bond donors (Lipinski definition) is 1. The molecule has 0 bridgehead atoms. The molecular formula is C14H12Br2ClN. The van der Waals surface area contributed by atoms with Crippen LogP contribution in [0.5, 0.6) is 0 Å². The molecular weight excluding hydrogens is 377 g/mol. The summed E-state index contributed by atoms with van der Waals surface area (Å²) in [6.07, 6.45) is 0. The molecule has 0 fully saturated rings. The minimum absolute atomic E-state index is 0.711. The normalized spacial score (nSPS) is 10.4. The van der Waals surface area contributed by atoms with Crippen LogP contribution >= 0.6 is 43.5 Å². The summed E-state index contributed by atoms with van der Waals surface area (Å²) in [5.41, 5.74) is 3.46. The van der Waals surface area contributed by atoms with E-state index in [2.05, 4.69) is 62.3 Å². The highest BCUT2D eigenvalue weighted by atomic mass is 79.9. The van der Waals surface area contributed by atoms with Gasteiger partial charge in [0.05, 0.1) is 15.2 Å². The smallest absolute Gasteiger partial charge is 0.0593 e. The van der Waals surface area contributed by atoms with E-state index in [1.54, 1.807) is 0 Å². The Hall–Kier alpha value is -0.510. The number of aryl methyl sites for hydroxylation is 1. The molecule has 18 heavy (non-hydrogen) atoms. The van der Waals surface area contributed by atoms with Gasteiger partial charge in [-0.2, -0.15) is 0 Å². The second-order valence-electron chi connectivity index (χ2n) is 4.05. The van der Waals surface area contributed by atoms with E-state index >= 15 is 0 Å². The summed E-state index contributed by atoms with van der Waals surface area (Å²) >= 11 is 13.1. The molecule has 0 unspecified atom stereocenters. The molecule has 2 aromatic carbocycles. The van der Waals surface area contributed by atoms with Gasteiger partial charge in [-0.05, 0) is 52.2 Å². The van der Waals surface area contributed by atoms with Gasteiger partial charge in [0, 0.05) is 11.0 Å². The largest absolute Gasteiger partial charge is 0.380 e. The Bertz CT molecular complexity index is 570. The van der Waals surface area contributed by atoms with Crippen molar-refractivity contribution in [1.82, 2.24) is 0 Å². The minimum Gasteiger partial charge on any atom is -0.380 e. The molecule has 0 spiro atoms. The maximum absolute atomic E-state index is 6.05. The van der Waals surface area contributed by atoms with Crippen molar-refractivity contribution < 1.29 is 0 Å². The lowest BCUT2D eigenvalue weighted by Crippen LogP contribution is -2.01. The Morgan fingerprint density at radius 3 is 2.67 bits per heavy atom. The van der Waals surface area contributed by atoms with Crippen molar-refractivity contribution in [1.29, 1.82) is 0 Å². The van der Waals surface area contributed by atoms with Crippen LogP contribution in [0.15, 0.2) is 45.3 Å². The van der Waals surface area contributed by atoms with Gasteiger partial charge in [0.25, 0.3) is 0 Å². The first kappa shape index (κ1) is 13.9. The third-order valence-electron chi connectivity index (χ3n) is 2.63. The summed E-state index contributed by atoms with van der Waals surface area (Å²) in [6, 6.07) is 12.1. The SMILES string of the molecule is Cc1ccc(CNc2cccc(Cl)c2Br)c(Br)c1. The summed E-state index contributed by atoms with van der Waals surface area (Å²) in [6.45, 7) is 2.83. The van der Waals surface area contributed by atoms with Crippen LogP contribution in [0.25, 0.3) is 0 Å². The van der Waals surface area contributed by atoms with E-state index in [4.69, 9.17) is 11.6 Å². The number of halogens is 3. The summed E-state index contributed by atoms with van der Waals surface area (Å²) in [4.78, 5) is 0. The highest BCUT2D eigenvalue weighted by Gasteiger charge is 2.04. The van der Waals surface area contributed by atoms with Gasteiger partial charge in [-0.15, -0.1) is 0 Å². The standard InChI is InChI=1S/C14H12Br2ClN/c1-9-5-6-10(11(15)7-9)8-18-13-4-2-3-12(17)14(13)16/h2-7,18H,8H2,1H3. The average molecular weight is 390 g/mol. The lowest BCUT2D eigenvalue weighted by atomic mass is 10.1. The maximum atomic E-state index is 6.05. The van der Waals surface area contributed by atoms with Gasteiger partial charge < -0.3 is 5.32 Å². The van der Waals surface area contributed by atoms with Crippen LogP contribution in [-0.4, -0.2) is 0 Å². The number of hydrogen-bond acceptors (Lipinski definition) is 1. The summed E-state index contributed by atoms with van der Waals surface area (Å²) in [5.74, 6) is 0. The molecule has 0 amide bonds. The highest BCUT2D eigenvalue weighted by Crippen LogP contribution is 2.30. The first-order valence-electron chi connectivity index (χ1n) is 5.51. The molecule has 4 heteroatoms. The third-order valence-corrected chi connectivity index (χ3v) is 4.77.